The molecule has 1 aliphatic heterocycles. The number of aromatic nitrogens is 3. The van der Waals surface area contributed by atoms with E-state index in [2.05, 4.69) is 38.8 Å². The van der Waals surface area contributed by atoms with Crippen molar-refractivity contribution in [3.05, 3.63) is 59.6 Å². The van der Waals surface area contributed by atoms with Crippen LogP contribution in [0.15, 0.2) is 48.9 Å². The molecule has 2 aromatic heterocycles. The highest BCUT2D eigenvalue weighted by atomic mass is 35.5. The summed E-state index contributed by atoms with van der Waals surface area (Å²) in [6.07, 6.45) is 4.47. The Morgan fingerprint density at radius 3 is 2.65 bits per heavy atom. The topological polar surface area (TPSA) is 49.2 Å². The second-order valence-electron chi connectivity index (χ2n) is 7.51. The van der Waals surface area contributed by atoms with E-state index in [0.717, 1.165) is 17.5 Å². The number of benzene rings is 1. The molecule has 1 aromatic carbocycles. The number of ether oxygens (including phenoxy) is 2. The van der Waals surface area contributed by atoms with Crippen molar-refractivity contribution in [2.24, 2.45) is 0 Å². The van der Waals surface area contributed by atoms with Crippen LogP contribution in [0.4, 0.5) is 0 Å². The van der Waals surface area contributed by atoms with Crippen molar-refractivity contribution < 1.29 is 9.47 Å². The molecule has 0 spiro atoms. The first-order valence-electron chi connectivity index (χ1n) is 8.91. The van der Waals surface area contributed by atoms with Gasteiger partial charge in [0.15, 0.2) is 5.79 Å². The Morgan fingerprint density at radius 2 is 1.85 bits per heavy atom. The fourth-order valence-electron chi connectivity index (χ4n) is 4.46. The van der Waals surface area contributed by atoms with Gasteiger partial charge in [-0.1, -0.05) is 41.9 Å². The van der Waals surface area contributed by atoms with Gasteiger partial charge in [0.05, 0.1) is 17.5 Å². The SMILES string of the molecule is CC1(C)O[C@@H]2[C@H](O1)[C@@H](c1ccccc1)C[C@H]2n1ccc2c(Cl)ncnc21. The van der Waals surface area contributed by atoms with Gasteiger partial charge in [0.1, 0.15) is 23.2 Å². The predicted octanol–water partition coefficient (Wildman–Crippen LogP) is 4.33. The highest BCUT2D eigenvalue weighted by molar-refractivity contribution is 6.33. The Labute approximate surface area is 156 Å². The fraction of sp³-hybridized carbons (Fsp3) is 0.400. The van der Waals surface area contributed by atoms with E-state index in [4.69, 9.17) is 21.1 Å². The van der Waals surface area contributed by atoms with E-state index in [0.29, 0.717) is 5.15 Å². The van der Waals surface area contributed by atoms with Crippen LogP contribution in [0.2, 0.25) is 5.15 Å². The minimum absolute atomic E-state index is 0.0205. The van der Waals surface area contributed by atoms with Crippen molar-refractivity contribution in [1.29, 1.82) is 0 Å². The summed E-state index contributed by atoms with van der Waals surface area (Å²) in [7, 11) is 0. The lowest BCUT2D eigenvalue weighted by Crippen LogP contribution is -2.27. The lowest BCUT2D eigenvalue weighted by atomic mass is 9.95. The average molecular weight is 370 g/mol. The first kappa shape index (κ1) is 16.2. The third-order valence-corrected chi connectivity index (χ3v) is 5.78. The number of hydrogen-bond acceptors (Lipinski definition) is 4. The number of hydrogen-bond donors (Lipinski definition) is 0. The molecule has 0 bridgehead atoms. The zero-order chi connectivity index (χ0) is 17.9. The maximum atomic E-state index is 6.32. The summed E-state index contributed by atoms with van der Waals surface area (Å²) in [6.45, 7) is 3.97. The molecular weight excluding hydrogens is 350 g/mol. The minimum atomic E-state index is -0.587. The molecule has 3 aromatic rings. The van der Waals surface area contributed by atoms with E-state index < -0.39 is 5.79 Å². The summed E-state index contributed by atoms with van der Waals surface area (Å²) in [6, 6.07) is 12.7. The van der Waals surface area contributed by atoms with Crippen molar-refractivity contribution in [3.8, 4) is 0 Å². The van der Waals surface area contributed by atoms with Crippen LogP contribution in [0.5, 0.6) is 0 Å². The lowest BCUT2D eigenvalue weighted by Gasteiger charge is -2.24. The molecule has 1 aliphatic carbocycles. The number of rotatable bonds is 2. The molecule has 0 amide bonds. The van der Waals surface area contributed by atoms with Crippen LogP contribution in [0, 0.1) is 0 Å². The Bertz CT molecular complexity index is 956. The van der Waals surface area contributed by atoms with E-state index >= 15 is 0 Å². The molecule has 2 fully saturated rings. The van der Waals surface area contributed by atoms with Gasteiger partial charge >= 0.3 is 0 Å². The molecular formula is C20H20ClN3O2. The maximum Gasteiger partial charge on any atom is 0.163 e. The molecule has 0 N–H and O–H groups in total. The van der Waals surface area contributed by atoms with E-state index in [1.165, 1.54) is 11.9 Å². The molecule has 2 aliphatic rings. The smallest absolute Gasteiger partial charge is 0.163 e. The monoisotopic (exact) mass is 369 g/mol. The van der Waals surface area contributed by atoms with Crippen LogP contribution in [0.3, 0.4) is 0 Å². The van der Waals surface area contributed by atoms with Gasteiger partial charge in [-0.05, 0) is 31.9 Å². The van der Waals surface area contributed by atoms with Crippen LogP contribution in [0.1, 0.15) is 37.8 Å². The summed E-state index contributed by atoms with van der Waals surface area (Å²) in [4.78, 5) is 8.55. The quantitative estimate of drug-likeness (QED) is 0.631. The van der Waals surface area contributed by atoms with Gasteiger partial charge in [-0.25, -0.2) is 9.97 Å². The highest BCUT2D eigenvalue weighted by Crippen LogP contribution is 2.51. The van der Waals surface area contributed by atoms with Gasteiger partial charge in [0.2, 0.25) is 0 Å². The van der Waals surface area contributed by atoms with E-state index in [1.807, 2.05) is 32.2 Å². The largest absolute Gasteiger partial charge is 0.344 e. The fourth-order valence-corrected chi connectivity index (χ4v) is 4.65. The van der Waals surface area contributed by atoms with Crippen molar-refractivity contribution >= 4 is 22.6 Å². The van der Waals surface area contributed by atoms with Crippen LogP contribution < -0.4 is 0 Å². The first-order chi connectivity index (χ1) is 12.5. The maximum absolute atomic E-state index is 6.32. The number of halogens is 1. The molecule has 6 heteroatoms. The second-order valence-corrected chi connectivity index (χ2v) is 7.87. The molecule has 5 rings (SSSR count). The molecule has 26 heavy (non-hydrogen) atoms. The Morgan fingerprint density at radius 1 is 1.08 bits per heavy atom. The van der Waals surface area contributed by atoms with E-state index in [-0.39, 0.29) is 24.2 Å². The van der Waals surface area contributed by atoms with Gasteiger partial charge in [-0.2, -0.15) is 0 Å². The molecule has 1 saturated heterocycles. The van der Waals surface area contributed by atoms with Gasteiger partial charge < -0.3 is 14.0 Å². The van der Waals surface area contributed by atoms with Crippen LogP contribution in [-0.4, -0.2) is 32.5 Å². The van der Waals surface area contributed by atoms with Crippen molar-refractivity contribution in [2.75, 3.05) is 0 Å². The zero-order valence-corrected chi connectivity index (χ0v) is 15.4. The molecule has 5 nitrogen and oxygen atoms in total. The summed E-state index contributed by atoms with van der Waals surface area (Å²) < 4.78 is 14.8. The van der Waals surface area contributed by atoms with Crippen LogP contribution >= 0.6 is 11.6 Å². The van der Waals surface area contributed by atoms with Gasteiger partial charge in [0, 0.05) is 12.1 Å². The molecule has 3 heterocycles. The summed E-state index contributed by atoms with van der Waals surface area (Å²) in [5.74, 6) is -0.306. The molecule has 0 unspecified atom stereocenters. The second kappa shape index (κ2) is 5.78. The first-order valence-corrected chi connectivity index (χ1v) is 9.29. The van der Waals surface area contributed by atoms with Crippen LogP contribution in [-0.2, 0) is 9.47 Å². The van der Waals surface area contributed by atoms with E-state index in [9.17, 15) is 0 Å². The molecule has 0 radical (unpaired) electrons. The summed E-state index contributed by atoms with van der Waals surface area (Å²) in [5, 5.41) is 1.35. The average Bonchev–Trinajstić information content (AvgIpc) is 3.27. The summed E-state index contributed by atoms with van der Waals surface area (Å²) in [5.41, 5.74) is 2.13. The lowest BCUT2D eigenvalue weighted by molar-refractivity contribution is -0.157. The Hall–Kier alpha value is -1.95. The van der Waals surface area contributed by atoms with E-state index in [1.54, 1.807) is 0 Å². The standard InChI is InChI=1S/C20H20ClN3O2/c1-20(2)25-16-14(12-6-4-3-5-7-12)10-15(17(16)26-20)24-9-8-13-18(21)22-11-23-19(13)24/h3-9,11,14-17H,10H2,1-2H3/t14-,15-,16-,17+/m1/s1. The van der Waals surface area contributed by atoms with Crippen molar-refractivity contribution in [2.45, 2.75) is 50.2 Å². The minimum Gasteiger partial charge on any atom is -0.344 e. The Kier molecular flexibility index (Phi) is 3.61. The normalized spacial score (nSPS) is 30.0. The third kappa shape index (κ3) is 2.46. The van der Waals surface area contributed by atoms with Gasteiger partial charge in [0.25, 0.3) is 0 Å². The zero-order valence-electron chi connectivity index (χ0n) is 14.7. The number of fused-ring (bicyclic) bond motifs is 2. The highest BCUT2D eigenvalue weighted by Gasteiger charge is 2.55. The van der Waals surface area contributed by atoms with Crippen molar-refractivity contribution in [3.63, 3.8) is 0 Å². The summed E-state index contributed by atoms with van der Waals surface area (Å²) >= 11 is 6.24. The Balaban J connectivity index is 1.59. The predicted molar refractivity (Wildman–Crippen MR) is 99.2 cm³/mol. The molecule has 134 valence electrons. The molecule has 4 atom stereocenters. The van der Waals surface area contributed by atoms with Gasteiger partial charge in [-0.3, -0.25) is 0 Å². The van der Waals surface area contributed by atoms with Crippen molar-refractivity contribution in [1.82, 2.24) is 14.5 Å². The number of nitrogens with zero attached hydrogens (tertiary/aromatic N) is 3. The van der Waals surface area contributed by atoms with Gasteiger partial charge in [-0.15, -0.1) is 0 Å². The third-order valence-electron chi connectivity index (χ3n) is 5.48. The van der Waals surface area contributed by atoms with Crippen LogP contribution in [0.25, 0.3) is 11.0 Å². The molecule has 1 saturated carbocycles.